The van der Waals surface area contributed by atoms with Crippen LogP contribution in [0.2, 0.25) is 0 Å². The van der Waals surface area contributed by atoms with Crippen LogP contribution < -0.4 is 9.80 Å². The predicted molar refractivity (Wildman–Crippen MR) is 111 cm³/mol. The zero-order valence-electron chi connectivity index (χ0n) is 17.5. The lowest BCUT2D eigenvalue weighted by Crippen LogP contribution is -2.47. The van der Waals surface area contributed by atoms with E-state index >= 15 is 0 Å². The van der Waals surface area contributed by atoms with Crippen molar-refractivity contribution >= 4 is 17.2 Å². The number of rotatable bonds is 5. The summed E-state index contributed by atoms with van der Waals surface area (Å²) in [7, 11) is 0. The molecule has 10 heteroatoms. The zero-order chi connectivity index (χ0) is 22.2. The highest BCUT2D eigenvalue weighted by molar-refractivity contribution is 5.63. The Morgan fingerprint density at radius 2 is 1.58 bits per heavy atom. The number of piperazine rings is 1. The van der Waals surface area contributed by atoms with E-state index in [2.05, 4.69) is 40.1 Å². The van der Waals surface area contributed by atoms with Crippen LogP contribution in [0.25, 0.3) is 5.65 Å². The van der Waals surface area contributed by atoms with Crippen molar-refractivity contribution in [2.24, 2.45) is 0 Å². The minimum atomic E-state index is -4.62. The smallest absolute Gasteiger partial charge is 0.392 e. The number of aryl methyl sites for hydroxylation is 1. The number of fused-ring (bicyclic) bond motifs is 1. The van der Waals surface area contributed by atoms with Crippen LogP contribution in [0.15, 0.2) is 24.3 Å². The van der Waals surface area contributed by atoms with Crippen molar-refractivity contribution in [3.63, 3.8) is 0 Å². The highest BCUT2D eigenvalue weighted by Crippen LogP contribution is 2.32. The van der Waals surface area contributed by atoms with E-state index in [1.165, 1.54) is 17.3 Å². The first-order valence-corrected chi connectivity index (χ1v) is 10.4. The lowest BCUT2D eigenvalue weighted by Gasteiger charge is -2.38. The van der Waals surface area contributed by atoms with Crippen molar-refractivity contribution < 1.29 is 18.3 Å². The Labute approximate surface area is 178 Å². The molecule has 1 N–H and O–H groups in total. The maximum absolute atomic E-state index is 13.2. The summed E-state index contributed by atoms with van der Waals surface area (Å²) in [6, 6.07) is 7.26. The van der Waals surface area contributed by atoms with Gasteiger partial charge in [0.1, 0.15) is 5.82 Å². The van der Waals surface area contributed by atoms with Gasteiger partial charge in [0.05, 0.1) is 6.61 Å². The molecule has 1 aliphatic rings. The summed E-state index contributed by atoms with van der Waals surface area (Å²) in [5, 5.41) is 20.7. The van der Waals surface area contributed by atoms with E-state index in [4.69, 9.17) is 0 Å². The van der Waals surface area contributed by atoms with Crippen LogP contribution in [-0.2, 0) is 25.6 Å². The van der Waals surface area contributed by atoms with Crippen LogP contribution in [0.1, 0.15) is 36.4 Å². The van der Waals surface area contributed by atoms with E-state index in [1.54, 1.807) is 6.07 Å². The van der Waals surface area contributed by atoms with Crippen LogP contribution in [0.3, 0.4) is 0 Å². The molecule has 0 aliphatic carbocycles. The average Bonchev–Trinajstić information content (AvgIpc) is 3.22. The highest BCUT2D eigenvalue weighted by Gasteiger charge is 2.38. The van der Waals surface area contributed by atoms with Crippen molar-refractivity contribution in [3.8, 4) is 0 Å². The topological polar surface area (TPSA) is 69.8 Å². The molecule has 1 saturated heterocycles. The molecule has 0 amide bonds. The summed E-state index contributed by atoms with van der Waals surface area (Å²) in [6.45, 7) is 6.87. The Morgan fingerprint density at radius 3 is 2.19 bits per heavy atom. The summed E-state index contributed by atoms with van der Waals surface area (Å²) in [4.78, 5) is 4.29. The fourth-order valence-corrected chi connectivity index (χ4v) is 4.23. The predicted octanol–water partition coefficient (Wildman–Crippen LogP) is 3.09. The molecule has 0 unspecified atom stereocenters. The highest BCUT2D eigenvalue weighted by atomic mass is 19.4. The molecule has 4 rings (SSSR count). The van der Waals surface area contributed by atoms with Crippen molar-refractivity contribution in [1.29, 1.82) is 0 Å². The van der Waals surface area contributed by atoms with Crippen molar-refractivity contribution in [2.75, 3.05) is 36.0 Å². The molecule has 2 aromatic heterocycles. The van der Waals surface area contributed by atoms with Gasteiger partial charge in [-0.05, 0) is 41.7 Å². The molecule has 0 radical (unpaired) electrons. The summed E-state index contributed by atoms with van der Waals surface area (Å²) in [5.41, 5.74) is 4.58. The SMILES string of the molecule is CCc1ccc(CO)c(CC)c1N1CCN(c2ccc3nnc(C(F)(F)F)n3n2)CC1. The number of hydrogen-bond donors (Lipinski definition) is 1. The lowest BCUT2D eigenvalue weighted by atomic mass is 9.96. The number of aliphatic hydroxyl groups excluding tert-OH is 1. The molecule has 3 aromatic rings. The van der Waals surface area contributed by atoms with E-state index in [-0.39, 0.29) is 12.3 Å². The fourth-order valence-electron chi connectivity index (χ4n) is 4.23. The molecule has 1 aliphatic heterocycles. The maximum Gasteiger partial charge on any atom is 0.453 e. The molecule has 166 valence electrons. The van der Waals surface area contributed by atoms with Gasteiger partial charge >= 0.3 is 6.18 Å². The van der Waals surface area contributed by atoms with E-state index < -0.39 is 12.0 Å². The Balaban J connectivity index is 1.59. The van der Waals surface area contributed by atoms with Crippen LogP contribution in [0.4, 0.5) is 24.7 Å². The first kappa shape index (κ1) is 21.4. The van der Waals surface area contributed by atoms with Gasteiger partial charge in [-0.1, -0.05) is 26.0 Å². The molecule has 0 saturated carbocycles. The van der Waals surface area contributed by atoms with Gasteiger partial charge in [-0.25, -0.2) is 0 Å². The quantitative estimate of drug-likeness (QED) is 0.666. The van der Waals surface area contributed by atoms with Crippen LogP contribution >= 0.6 is 0 Å². The van der Waals surface area contributed by atoms with E-state index in [0.717, 1.165) is 28.5 Å². The molecule has 31 heavy (non-hydrogen) atoms. The second kappa shape index (κ2) is 8.33. The van der Waals surface area contributed by atoms with Crippen LogP contribution in [-0.4, -0.2) is 51.1 Å². The number of benzene rings is 1. The molecule has 3 heterocycles. The summed E-state index contributed by atoms with van der Waals surface area (Å²) in [5.74, 6) is -0.656. The van der Waals surface area contributed by atoms with Gasteiger partial charge in [-0.2, -0.15) is 17.7 Å². The number of alkyl halides is 3. The van der Waals surface area contributed by atoms with Crippen LogP contribution in [0.5, 0.6) is 0 Å². The number of hydrogen-bond acceptors (Lipinski definition) is 6. The third-order valence-electron chi connectivity index (χ3n) is 5.79. The van der Waals surface area contributed by atoms with Crippen molar-refractivity contribution in [2.45, 2.75) is 39.5 Å². The van der Waals surface area contributed by atoms with Gasteiger partial charge in [0.2, 0.25) is 0 Å². The molecular weight excluding hydrogens is 409 g/mol. The standard InChI is InChI=1S/C21H25F3N6O/c1-3-14-5-6-15(13-31)16(4-2)19(14)29-11-9-28(10-12-29)18-8-7-17-25-26-20(21(22,23)24)30(17)27-18/h5-8,31H,3-4,9-13H2,1-2H3. The van der Waals surface area contributed by atoms with Gasteiger partial charge in [-0.15, -0.1) is 15.3 Å². The fraction of sp³-hybridized carbons (Fsp3) is 0.476. The van der Waals surface area contributed by atoms with Crippen molar-refractivity contribution in [1.82, 2.24) is 19.8 Å². The van der Waals surface area contributed by atoms with Crippen LogP contribution in [0, 0.1) is 0 Å². The number of aromatic nitrogens is 4. The molecular formula is C21H25F3N6O. The minimum Gasteiger partial charge on any atom is -0.392 e. The van der Waals surface area contributed by atoms with Gasteiger partial charge in [-0.3, -0.25) is 0 Å². The number of nitrogens with zero attached hydrogens (tertiary/aromatic N) is 6. The second-order valence-corrected chi connectivity index (χ2v) is 7.53. The Morgan fingerprint density at radius 1 is 0.903 bits per heavy atom. The Hall–Kier alpha value is -2.88. The largest absolute Gasteiger partial charge is 0.453 e. The summed E-state index contributed by atoms with van der Waals surface area (Å²) < 4.78 is 40.3. The molecule has 0 atom stereocenters. The average molecular weight is 434 g/mol. The van der Waals surface area contributed by atoms with Crippen molar-refractivity contribution in [3.05, 3.63) is 46.8 Å². The Kier molecular flexibility index (Phi) is 5.74. The number of halogens is 3. The van der Waals surface area contributed by atoms with Gasteiger partial charge in [0.15, 0.2) is 5.65 Å². The normalized spacial score (nSPS) is 15.2. The Bertz CT molecular complexity index is 1070. The molecule has 1 fully saturated rings. The second-order valence-electron chi connectivity index (χ2n) is 7.53. The zero-order valence-corrected chi connectivity index (χ0v) is 17.5. The first-order valence-electron chi connectivity index (χ1n) is 10.4. The summed E-state index contributed by atoms with van der Waals surface area (Å²) >= 11 is 0. The minimum absolute atomic E-state index is 0.00451. The van der Waals surface area contributed by atoms with E-state index in [0.29, 0.717) is 32.0 Å². The first-order chi connectivity index (χ1) is 14.9. The summed E-state index contributed by atoms with van der Waals surface area (Å²) in [6.07, 6.45) is -2.90. The third-order valence-corrected chi connectivity index (χ3v) is 5.79. The third kappa shape index (κ3) is 3.91. The molecule has 7 nitrogen and oxygen atoms in total. The molecule has 0 bridgehead atoms. The van der Waals surface area contributed by atoms with Gasteiger partial charge < -0.3 is 14.9 Å². The molecule has 0 spiro atoms. The molecule has 1 aromatic carbocycles. The van der Waals surface area contributed by atoms with E-state index in [1.807, 2.05) is 11.0 Å². The lowest BCUT2D eigenvalue weighted by molar-refractivity contribution is -0.146. The monoisotopic (exact) mass is 434 g/mol. The maximum atomic E-state index is 13.2. The van der Waals surface area contributed by atoms with E-state index in [9.17, 15) is 18.3 Å². The number of aliphatic hydroxyl groups is 1. The van der Waals surface area contributed by atoms with Gasteiger partial charge in [0, 0.05) is 31.9 Å². The number of anilines is 2. The van der Waals surface area contributed by atoms with Gasteiger partial charge in [0.25, 0.3) is 5.82 Å².